The second-order valence-corrected chi connectivity index (χ2v) is 7.69. The van der Waals surface area contributed by atoms with Crippen molar-refractivity contribution in [3.8, 4) is 11.1 Å². The highest BCUT2D eigenvalue weighted by molar-refractivity contribution is 5.94. The number of aromatic nitrogens is 3. The lowest BCUT2D eigenvalue weighted by atomic mass is 10.1. The minimum absolute atomic E-state index is 0.0810. The number of rotatable bonds is 3. The summed E-state index contributed by atoms with van der Waals surface area (Å²) in [5.74, 6) is 0. The smallest absolute Gasteiger partial charge is 0.355 e. The zero-order chi connectivity index (χ0) is 27.2. The molecule has 37 heavy (non-hydrogen) atoms. The van der Waals surface area contributed by atoms with Gasteiger partial charge in [0.25, 0.3) is 0 Å². The lowest BCUT2D eigenvalue weighted by Crippen LogP contribution is -2.08. The van der Waals surface area contributed by atoms with Crippen LogP contribution in [-0.4, -0.2) is 28.3 Å². The summed E-state index contributed by atoms with van der Waals surface area (Å²) < 4.78 is 41.8. The van der Waals surface area contributed by atoms with Crippen LogP contribution in [0.25, 0.3) is 32.8 Å². The molecule has 0 fully saturated rings. The van der Waals surface area contributed by atoms with Crippen LogP contribution >= 0.6 is 0 Å². The van der Waals surface area contributed by atoms with Crippen LogP contribution in [0.15, 0.2) is 84.0 Å². The molecule has 5 rings (SSSR count). The highest BCUT2D eigenvalue weighted by atomic mass is 19.4. The van der Waals surface area contributed by atoms with Crippen LogP contribution in [0, 0.1) is 0 Å². The van der Waals surface area contributed by atoms with Gasteiger partial charge in [-0.15, -0.1) is 0 Å². The second-order valence-electron chi connectivity index (χ2n) is 7.69. The van der Waals surface area contributed by atoms with Gasteiger partial charge in [-0.3, -0.25) is 14.5 Å². The molecule has 188 valence electrons. The topological polar surface area (TPSA) is 94.0 Å². The van der Waals surface area contributed by atoms with Gasteiger partial charge in [-0.1, -0.05) is 24.3 Å². The van der Waals surface area contributed by atoms with E-state index in [-0.39, 0.29) is 11.1 Å². The van der Waals surface area contributed by atoms with Crippen LogP contribution in [0.2, 0.25) is 0 Å². The number of hydrogen-bond acceptors (Lipinski definition) is 6. The molecule has 7 nitrogen and oxygen atoms in total. The molecule has 0 aliphatic heterocycles. The van der Waals surface area contributed by atoms with Gasteiger partial charge in [-0.25, -0.2) is 0 Å². The number of fused-ring (bicyclic) bond motifs is 2. The maximum Gasteiger partial charge on any atom is 0.418 e. The van der Waals surface area contributed by atoms with Crippen molar-refractivity contribution >= 4 is 46.6 Å². The number of nitrogens with zero attached hydrogens (tertiary/aromatic N) is 3. The Morgan fingerprint density at radius 2 is 1.57 bits per heavy atom. The average Bonchev–Trinajstić information content (AvgIpc) is 3.30. The summed E-state index contributed by atoms with van der Waals surface area (Å²) >= 11 is 0. The fraction of sp³-hybridized carbons (Fsp3) is 0.0741. The first kappa shape index (κ1) is 26.7. The number of halogens is 3. The van der Waals surface area contributed by atoms with Gasteiger partial charge in [0.2, 0.25) is 0 Å². The van der Waals surface area contributed by atoms with E-state index in [9.17, 15) is 18.0 Å². The third-order valence-corrected chi connectivity index (χ3v) is 5.43. The van der Waals surface area contributed by atoms with Gasteiger partial charge in [0.05, 0.1) is 23.0 Å². The van der Waals surface area contributed by atoms with Gasteiger partial charge >= 0.3 is 6.18 Å². The molecule has 0 aliphatic rings. The third-order valence-electron chi connectivity index (χ3n) is 5.43. The van der Waals surface area contributed by atoms with E-state index in [2.05, 4.69) is 15.4 Å². The van der Waals surface area contributed by atoms with Crippen molar-refractivity contribution in [1.82, 2.24) is 14.8 Å². The monoisotopic (exact) mass is 506 g/mol. The number of alkyl halides is 3. The normalized spacial score (nSPS) is 10.7. The quantitative estimate of drug-likeness (QED) is 0.345. The molecule has 0 saturated heterocycles. The number of nitrogens with one attached hydrogen (secondary N) is 1. The Labute approximate surface area is 209 Å². The predicted octanol–water partition coefficient (Wildman–Crippen LogP) is 5.54. The Bertz CT molecular complexity index is 1620. The molecule has 10 heteroatoms. The van der Waals surface area contributed by atoms with Crippen molar-refractivity contribution < 1.29 is 22.8 Å². The van der Waals surface area contributed by atoms with Crippen LogP contribution in [0.1, 0.15) is 5.56 Å². The van der Waals surface area contributed by atoms with Crippen molar-refractivity contribution in [1.29, 1.82) is 0 Å². The average molecular weight is 506 g/mol. The van der Waals surface area contributed by atoms with Crippen molar-refractivity contribution in [3.63, 3.8) is 0 Å². The molecule has 0 spiro atoms. The summed E-state index contributed by atoms with van der Waals surface area (Å²) in [6.45, 7) is 4.00. The predicted molar refractivity (Wildman–Crippen MR) is 137 cm³/mol. The molecule has 0 saturated carbocycles. The molecule has 0 aliphatic carbocycles. The van der Waals surface area contributed by atoms with E-state index in [0.717, 1.165) is 17.2 Å². The Morgan fingerprint density at radius 3 is 2.24 bits per heavy atom. The van der Waals surface area contributed by atoms with Crippen LogP contribution in [0.4, 0.5) is 24.5 Å². The van der Waals surface area contributed by atoms with E-state index in [1.807, 2.05) is 19.8 Å². The molecular weight excluding hydrogens is 485 g/mol. The first-order valence-corrected chi connectivity index (χ1v) is 10.7. The van der Waals surface area contributed by atoms with Gasteiger partial charge in [0.1, 0.15) is 13.6 Å². The molecule has 0 amide bonds. The van der Waals surface area contributed by atoms with E-state index in [1.165, 1.54) is 18.2 Å². The third kappa shape index (κ3) is 5.69. The fourth-order valence-electron chi connectivity index (χ4n) is 3.80. The Hall–Kier alpha value is -4.86. The summed E-state index contributed by atoms with van der Waals surface area (Å²) in [4.78, 5) is 33.9. The van der Waals surface area contributed by atoms with Crippen molar-refractivity contribution in [2.75, 3.05) is 5.32 Å². The summed E-state index contributed by atoms with van der Waals surface area (Å²) in [5, 5.41) is 8.42. The highest BCUT2D eigenvalue weighted by Gasteiger charge is 2.33. The lowest BCUT2D eigenvalue weighted by molar-refractivity contribution is -0.136. The van der Waals surface area contributed by atoms with Crippen LogP contribution in [0.5, 0.6) is 0 Å². The standard InChI is InChI=1S/C25H17F3N4O.2CH2O/c1-32-14-17(13-30-32)16-10-20-22(29-12-16)9-7-15-6-8-18(11-19(15)24(20)33)31-23-5-3-2-4-21(23)25(26,27)28;2*1-2/h2-14,31H,1H3;2*1H2. The second kappa shape index (κ2) is 11.3. The molecule has 5 aromatic rings. The van der Waals surface area contributed by atoms with Crippen LogP contribution < -0.4 is 10.7 Å². The minimum Gasteiger partial charge on any atom is -0.355 e. The fourth-order valence-corrected chi connectivity index (χ4v) is 3.80. The summed E-state index contributed by atoms with van der Waals surface area (Å²) in [6, 6.07) is 15.5. The molecule has 1 N–H and O–H groups in total. The first-order chi connectivity index (χ1) is 17.8. The minimum atomic E-state index is -4.50. The molecule has 2 heterocycles. The molecule has 3 aromatic carbocycles. The van der Waals surface area contributed by atoms with Crippen molar-refractivity contribution in [2.45, 2.75) is 6.18 Å². The number of para-hydroxylation sites is 1. The maximum absolute atomic E-state index is 13.4. The van der Waals surface area contributed by atoms with E-state index < -0.39 is 11.7 Å². The molecule has 0 unspecified atom stereocenters. The molecular formula is C27H21F3N4O3. The van der Waals surface area contributed by atoms with E-state index in [1.54, 1.807) is 60.5 Å². The molecule has 0 atom stereocenters. The number of carbonyl (C=O) groups excluding carboxylic acids is 2. The largest absolute Gasteiger partial charge is 0.418 e. The van der Waals surface area contributed by atoms with E-state index in [4.69, 9.17) is 9.59 Å². The number of aryl methyl sites for hydroxylation is 1. The Kier molecular flexibility index (Phi) is 8.13. The van der Waals surface area contributed by atoms with Crippen molar-refractivity contribution in [3.05, 3.63) is 95.0 Å². The first-order valence-electron chi connectivity index (χ1n) is 10.7. The van der Waals surface area contributed by atoms with Gasteiger partial charge in [-0.2, -0.15) is 18.3 Å². The molecule has 2 aromatic heterocycles. The van der Waals surface area contributed by atoms with E-state index in [0.29, 0.717) is 27.4 Å². The van der Waals surface area contributed by atoms with Crippen molar-refractivity contribution in [2.24, 2.45) is 7.05 Å². The zero-order valence-corrected chi connectivity index (χ0v) is 19.6. The summed E-state index contributed by atoms with van der Waals surface area (Å²) in [7, 11) is 1.80. The number of benzene rings is 2. The Morgan fingerprint density at radius 1 is 0.865 bits per heavy atom. The summed E-state index contributed by atoms with van der Waals surface area (Å²) in [5.41, 5.74) is 1.38. The highest BCUT2D eigenvalue weighted by Crippen LogP contribution is 2.36. The number of pyridine rings is 1. The SMILES string of the molecule is C=O.C=O.Cn1cc(-c2cnc3ccc4ccc(Nc5ccccc5C(F)(F)F)cc4c(=O)c3c2)cn1. The van der Waals surface area contributed by atoms with Gasteiger partial charge in [0, 0.05) is 47.0 Å². The molecule has 0 radical (unpaired) electrons. The number of carbonyl (C=O) groups is 2. The molecule has 0 bridgehead atoms. The Balaban J connectivity index is 0.000000907. The van der Waals surface area contributed by atoms with Crippen LogP contribution in [-0.2, 0) is 22.8 Å². The van der Waals surface area contributed by atoms with E-state index >= 15 is 0 Å². The van der Waals surface area contributed by atoms with Crippen LogP contribution in [0.3, 0.4) is 0 Å². The van der Waals surface area contributed by atoms with Gasteiger partial charge in [-0.05, 0) is 41.8 Å². The van der Waals surface area contributed by atoms with Gasteiger partial charge < -0.3 is 14.9 Å². The number of hydrogen-bond donors (Lipinski definition) is 1. The van der Waals surface area contributed by atoms with Gasteiger partial charge in [0.15, 0.2) is 5.43 Å². The number of anilines is 2. The lowest BCUT2D eigenvalue weighted by Gasteiger charge is -2.14. The summed E-state index contributed by atoms with van der Waals surface area (Å²) in [6.07, 6.45) is 0.703. The maximum atomic E-state index is 13.4. The zero-order valence-electron chi connectivity index (χ0n) is 19.6.